The van der Waals surface area contributed by atoms with Gasteiger partial charge in [0.1, 0.15) is 6.29 Å². The second-order valence-corrected chi connectivity index (χ2v) is 5.63. The van der Waals surface area contributed by atoms with Crippen molar-refractivity contribution in [3.05, 3.63) is 47.1 Å². The van der Waals surface area contributed by atoms with Gasteiger partial charge in [0.2, 0.25) is 0 Å². The molecule has 0 radical (unpaired) electrons. The second-order valence-electron chi connectivity index (χ2n) is 5.63. The van der Waals surface area contributed by atoms with Gasteiger partial charge < -0.3 is 4.74 Å². The summed E-state index contributed by atoms with van der Waals surface area (Å²) in [6, 6.07) is 0. The molecule has 0 spiro atoms. The molecule has 1 atom stereocenters. The van der Waals surface area contributed by atoms with E-state index in [-0.39, 0.29) is 0 Å². The Bertz CT molecular complexity index is 446. The Morgan fingerprint density at radius 1 is 1.35 bits per heavy atom. The summed E-state index contributed by atoms with van der Waals surface area (Å²) in [5.74, 6) is 0.633. The third kappa shape index (κ3) is 4.61. The molecule has 0 N–H and O–H groups in total. The molecule has 2 heteroatoms. The fourth-order valence-corrected chi connectivity index (χ4v) is 2.85. The normalized spacial score (nSPS) is 26.9. The van der Waals surface area contributed by atoms with Crippen molar-refractivity contribution in [1.82, 2.24) is 0 Å². The summed E-state index contributed by atoms with van der Waals surface area (Å²) in [6.45, 7) is 3.76. The highest BCUT2D eigenvalue weighted by Crippen LogP contribution is 2.31. The molecule has 1 aliphatic carbocycles. The van der Waals surface area contributed by atoms with Crippen molar-refractivity contribution in [2.75, 3.05) is 13.2 Å². The standard InChI is InChI=1S/C18H24O2/c1-15(10-11-19)5-2-6-16-7-3-8-17(13-16)18-9-4-12-20-14-18/h2,5-6,10-11,13,18H,3-4,7-9,12,14H2,1H3. The average molecular weight is 272 g/mol. The number of hydrogen-bond donors (Lipinski definition) is 0. The molecule has 1 saturated heterocycles. The van der Waals surface area contributed by atoms with E-state index in [9.17, 15) is 4.79 Å². The second kappa shape index (κ2) is 8.01. The lowest BCUT2D eigenvalue weighted by atomic mass is 9.84. The maximum absolute atomic E-state index is 10.4. The third-order valence-electron chi connectivity index (χ3n) is 3.99. The van der Waals surface area contributed by atoms with Gasteiger partial charge in [-0.05, 0) is 56.3 Å². The van der Waals surface area contributed by atoms with E-state index < -0.39 is 0 Å². The summed E-state index contributed by atoms with van der Waals surface area (Å²) in [5, 5.41) is 0. The van der Waals surface area contributed by atoms with Crippen LogP contribution in [0.2, 0.25) is 0 Å². The predicted molar refractivity (Wildman–Crippen MR) is 82.5 cm³/mol. The number of rotatable bonds is 4. The molecule has 2 aliphatic rings. The van der Waals surface area contributed by atoms with Crippen LogP contribution in [0, 0.1) is 5.92 Å². The summed E-state index contributed by atoms with van der Waals surface area (Å²) in [4.78, 5) is 10.4. The van der Waals surface area contributed by atoms with Gasteiger partial charge >= 0.3 is 0 Å². The molecule has 0 bridgehead atoms. The molecule has 2 nitrogen and oxygen atoms in total. The van der Waals surface area contributed by atoms with Crippen LogP contribution in [-0.2, 0) is 9.53 Å². The molecule has 0 aromatic rings. The van der Waals surface area contributed by atoms with Gasteiger partial charge in [-0.3, -0.25) is 4.79 Å². The fourth-order valence-electron chi connectivity index (χ4n) is 2.85. The molecule has 0 aromatic carbocycles. The largest absolute Gasteiger partial charge is 0.381 e. The van der Waals surface area contributed by atoms with Crippen molar-refractivity contribution >= 4 is 6.29 Å². The van der Waals surface area contributed by atoms with Crippen molar-refractivity contribution in [2.24, 2.45) is 5.92 Å². The lowest BCUT2D eigenvalue weighted by molar-refractivity contribution is -0.104. The van der Waals surface area contributed by atoms with Gasteiger partial charge in [0.25, 0.3) is 0 Å². The topological polar surface area (TPSA) is 26.3 Å². The van der Waals surface area contributed by atoms with Crippen LogP contribution in [0.15, 0.2) is 47.1 Å². The Hall–Kier alpha value is -1.41. The summed E-state index contributed by atoms with van der Waals surface area (Å²) in [5.41, 5.74) is 3.94. The Kier molecular flexibility index (Phi) is 6.00. The molecule has 1 fully saturated rings. The minimum atomic E-state index is 0.633. The molecule has 2 rings (SSSR count). The van der Waals surface area contributed by atoms with Crippen LogP contribution >= 0.6 is 0 Å². The van der Waals surface area contributed by atoms with Gasteiger partial charge in [-0.25, -0.2) is 0 Å². The zero-order valence-electron chi connectivity index (χ0n) is 12.3. The van der Waals surface area contributed by atoms with Gasteiger partial charge in [-0.1, -0.05) is 29.9 Å². The van der Waals surface area contributed by atoms with Crippen molar-refractivity contribution in [2.45, 2.75) is 39.0 Å². The average Bonchev–Trinajstić information content (AvgIpc) is 2.49. The van der Waals surface area contributed by atoms with Gasteiger partial charge in [-0.15, -0.1) is 0 Å². The summed E-state index contributed by atoms with van der Waals surface area (Å²) >= 11 is 0. The van der Waals surface area contributed by atoms with E-state index in [2.05, 4.69) is 12.2 Å². The molecule has 1 heterocycles. The number of allylic oxidation sites excluding steroid dienone is 7. The zero-order valence-corrected chi connectivity index (χ0v) is 12.3. The van der Waals surface area contributed by atoms with Crippen molar-refractivity contribution in [3.8, 4) is 0 Å². The molecule has 1 aliphatic heterocycles. The predicted octanol–water partition coefficient (Wildman–Crippen LogP) is 4.15. The van der Waals surface area contributed by atoms with E-state index in [1.807, 2.05) is 19.1 Å². The smallest absolute Gasteiger partial charge is 0.143 e. The van der Waals surface area contributed by atoms with Gasteiger partial charge in [0.05, 0.1) is 6.61 Å². The van der Waals surface area contributed by atoms with Crippen LogP contribution in [0.1, 0.15) is 39.0 Å². The Labute approximate surface area is 121 Å². The van der Waals surface area contributed by atoms with E-state index in [0.29, 0.717) is 5.92 Å². The summed E-state index contributed by atoms with van der Waals surface area (Å²) in [6.07, 6.45) is 17.0. The van der Waals surface area contributed by atoms with E-state index >= 15 is 0 Å². The maximum atomic E-state index is 10.4. The zero-order chi connectivity index (χ0) is 14.2. The van der Waals surface area contributed by atoms with Crippen LogP contribution < -0.4 is 0 Å². The summed E-state index contributed by atoms with van der Waals surface area (Å²) < 4.78 is 5.60. The Morgan fingerprint density at radius 2 is 2.25 bits per heavy atom. The van der Waals surface area contributed by atoms with Gasteiger partial charge in [-0.2, -0.15) is 0 Å². The molecule has 0 aromatic heterocycles. The van der Waals surface area contributed by atoms with Crippen LogP contribution in [0.3, 0.4) is 0 Å². The minimum absolute atomic E-state index is 0.633. The molecule has 108 valence electrons. The lowest BCUT2D eigenvalue weighted by Crippen LogP contribution is -2.20. The van der Waals surface area contributed by atoms with Crippen molar-refractivity contribution in [3.63, 3.8) is 0 Å². The highest BCUT2D eigenvalue weighted by atomic mass is 16.5. The van der Waals surface area contributed by atoms with Crippen molar-refractivity contribution in [1.29, 1.82) is 0 Å². The third-order valence-corrected chi connectivity index (χ3v) is 3.99. The van der Waals surface area contributed by atoms with Crippen LogP contribution in [-0.4, -0.2) is 19.5 Å². The van der Waals surface area contributed by atoms with Crippen LogP contribution in [0.5, 0.6) is 0 Å². The molecular weight excluding hydrogens is 248 g/mol. The Balaban J connectivity index is 2.00. The fraction of sp³-hybridized carbons (Fsp3) is 0.500. The number of carbonyl (C=O) groups is 1. The first-order chi connectivity index (χ1) is 9.79. The monoisotopic (exact) mass is 272 g/mol. The molecule has 0 amide bonds. The molecular formula is C18H24O2. The summed E-state index contributed by atoms with van der Waals surface area (Å²) in [7, 11) is 0. The first kappa shape index (κ1) is 15.0. The van der Waals surface area contributed by atoms with Crippen molar-refractivity contribution < 1.29 is 9.53 Å². The van der Waals surface area contributed by atoms with Crippen LogP contribution in [0.4, 0.5) is 0 Å². The first-order valence-corrected chi connectivity index (χ1v) is 7.57. The number of aldehydes is 1. The Morgan fingerprint density at radius 3 is 3.00 bits per heavy atom. The quantitative estimate of drug-likeness (QED) is 0.436. The molecule has 20 heavy (non-hydrogen) atoms. The SMILES string of the molecule is CC(C=CC=C1C=C(C2CCCOC2)CCC1)=CC=O. The van der Waals surface area contributed by atoms with E-state index in [1.165, 1.54) is 31.3 Å². The van der Waals surface area contributed by atoms with E-state index in [4.69, 9.17) is 4.74 Å². The lowest BCUT2D eigenvalue weighted by Gasteiger charge is -2.27. The van der Waals surface area contributed by atoms with E-state index in [0.717, 1.165) is 31.5 Å². The van der Waals surface area contributed by atoms with Gasteiger partial charge in [0, 0.05) is 12.5 Å². The number of ether oxygens (including phenoxy) is 1. The van der Waals surface area contributed by atoms with E-state index in [1.54, 1.807) is 11.6 Å². The maximum Gasteiger partial charge on any atom is 0.143 e. The minimum Gasteiger partial charge on any atom is -0.381 e. The highest BCUT2D eigenvalue weighted by Gasteiger charge is 2.20. The number of carbonyl (C=O) groups excluding carboxylic acids is 1. The highest BCUT2D eigenvalue weighted by molar-refractivity contribution is 5.66. The molecule has 1 unspecified atom stereocenters. The number of hydrogen-bond acceptors (Lipinski definition) is 2. The van der Waals surface area contributed by atoms with Crippen LogP contribution in [0.25, 0.3) is 0 Å². The van der Waals surface area contributed by atoms with Gasteiger partial charge in [0.15, 0.2) is 0 Å². The molecule has 0 saturated carbocycles. The first-order valence-electron chi connectivity index (χ1n) is 7.57.